The zero-order valence-corrected chi connectivity index (χ0v) is 12.0. The molecule has 0 unspecified atom stereocenters. The minimum absolute atomic E-state index is 0.00945. The number of nitrogens with zero attached hydrogens (tertiary/aromatic N) is 1. The van der Waals surface area contributed by atoms with Gasteiger partial charge in [0.2, 0.25) is 0 Å². The van der Waals surface area contributed by atoms with Crippen LogP contribution in [0.3, 0.4) is 0 Å². The molecule has 106 valence electrons. The van der Waals surface area contributed by atoms with Crippen molar-refractivity contribution in [2.24, 2.45) is 0 Å². The first-order chi connectivity index (χ1) is 9.58. The molecule has 4 nitrogen and oxygen atoms in total. The summed E-state index contributed by atoms with van der Waals surface area (Å²) in [5.41, 5.74) is 1.99. The van der Waals surface area contributed by atoms with Crippen molar-refractivity contribution in [1.29, 1.82) is 0 Å². The Kier molecular flexibility index (Phi) is 4.25. The van der Waals surface area contributed by atoms with Crippen LogP contribution < -0.4 is 10.3 Å². The lowest BCUT2D eigenvalue weighted by Crippen LogP contribution is -2.26. The standard InChI is InChI=1S/C16H19NO3/c1-11(2)17-15(8-7-13(10-18)16(17)19)12-5-4-6-14(9-12)20-3/h4-9,11,18H,10H2,1-3H3. The Hall–Kier alpha value is -2.07. The summed E-state index contributed by atoms with van der Waals surface area (Å²) in [6.45, 7) is 3.66. The van der Waals surface area contributed by atoms with E-state index in [2.05, 4.69) is 0 Å². The van der Waals surface area contributed by atoms with Gasteiger partial charge in [0.1, 0.15) is 5.75 Å². The van der Waals surface area contributed by atoms with Crippen molar-refractivity contribution in [2.45, 2.75) is 26.5 Å². The highest BCUT2D eigenvalue weighted by Crippen LogP contribution is 2.25. The van der Waals surface area contributed by atoms with E-state index < -0.39 is 0 Å². The molecule has 1 aromatic carbocycles. The smallest absolute Gasteiger partial charge is 0.256 e. The van der Waals surface area contributed by atoms with Crippen LogP contribution in [0.4, 0.5) is 0 Å². The Balaban J connectivity index is 2.67. The molecule has 1 heterocycles. The van der Waals surface area contributed by atoms with Crippen molar-refractivity contribution in [3.05, 3.63) is 52.3 Å². The van der Waals surface area contributed by atoms with Gasteiger partial charge in [-0.15, -0.1) is 0 Å². The molecule has 4 heteroatoms. The summed E-state index contributed by atoms with van der Waals surface area (Å²) in [5, 5.41) is 9.23. The molecule has 2 rings (SSSR count). The fraction of sp³-hybridized carbons (Fsp3) is 0.312. The number of hydrogen-bond donors (Lipinski definition) is 1. The van der Waals surface area contributed by atoms with Gasteiger partial charge in [0, 0.05) is 17.2 Å². The van der Waals surface area contributed by atoms with Gasteiger partial charge in [-0.1, -0.05) is 12.1 Å². The highest BCUT2D eigenvalue weighted by atomic mass is 16.5. The molecular formula is C16H19NO3. The van der Waals surface area contributed by atoms with Gasteiger partial charge in [0.25, 0.3) is 5.56 Å². The van der Waals surface area contributed by atoms with Crippen LogP contribution in [0.15, 0.2) is 41.2 Å². The van der Waals surface area contributed by atoms with Crippen molar-refractivity contribution in [3.63, 3.8) is 0 Å². The molecule has 0 atom stereocenters. The van der Waals surface area contributed by atoms with Crippen LogP contribution in [0.5, 0.6) is 5.75 Å². The second-order valence-corrected chi connectivity index (χ2v) is 4.90. The van der Waals surface area contributed by atoms with Crippen LogP contribution >= 0.6 is 0 Å². The fourth-order valence-electron chi connectivity index (χ4n) is 2.25. The quantitative estimate of drug-likeness (QED) is 0.931. The van der Waals surface area contributed by atoms with E-state index in [4.69, 9.17) is 4.74 Å². The number of benzene rings is 1. The van der Waals surface area contributed by atoms with Crippen molar-refractivity contribution in [2.75, 3.05) is 7.11 Å². The maximum Gasteiger partial charge on any atom is 0.256 e. The van der Waals surface area contributed by atoms with Crippen LogP contribution in [-0.4, -0.2) is 16.8 Å². The summed E-state index contributed by atoms with van der Waals surface area (Å²) in [5.74, 6) is 0.747. The topological polar surface area (TPSA) is 51.5 Å². The number of pyridine rings is 1. The highest BCUT2D eigenvalue weighted by molar-refractivity contribution is 5.62. The van der Waals surface area contributed by atoms with Crippen molar-refractivity contribution in [1.82, 2.24) is 4.57 Å². The van der Waals surface area contributed by atoms with Gasteiger partial charge >= 0.3 is 0 Å². The molecule has 0 fully saturated rings. The lowest BCUT2D eigenvalue weighted by molar-refractivity contribution is 0.279. The molecule has 0 aliphatic rings. The highest BCUT2D eigenvalue weighted by Gasteiger charge is 2.13. The van der Waals surface area contributed by atoms with Crippen LogP contribution in [0.1, 0.15) is 25.5 Å². The van der Waals surface area contributed by atoms with Crippen LogP contribution in [0, 0.1) is 0 Å². The van der Waals surface area contributed by atoms with E-state index in [0.717, 1.165) is 17.0 Å². The average molecular weight is 273 g/mol. The average Bonchev–Trinajstić information content (AvgIpc) is 2.46. The Morgan fingerprint density at radius 2 is 2.00 bits per heavy atom. The molecule has 0 amide bonds. The summed E-state index contributed by atoms with van der Waals surface area (Å²) in [6.07, 6.45) is 0. The fourth-order valence-corrected chi connectivity index (χ4v) is 2.25. The molecule has 0 radical (unpaired) electrons. The number of aliphatic hydroxyl groups excluding tert-OH is 1. The lowest BCUT2D eigenvalue weighted by Gasteiger charge is -2.18. The first-order valence-electron chi connectivity index (χ1n) is 6.58. The van der Waals surface area contributed by atoms with Gasteiger partial charge in [-0.2, -0.15) is 0 Å². The maximum atomic E-state index is 12.4. The third-order valence-corrected chi connectivity index (χ3v) is 3.25. The van der Waals surface area contributed by atoms with Crippen molar-refractivity contribution >= 4 is 0 Å². The SMILES string of the molecule is COc1cccc(-c2ccc(CO)c(=O)n2C(C)C)c1. The second kappa shape index (κ2) is 5.92. The Bertz CT molecular complexity index is 659. The number of aromatic nitrogens is 1. The molecule has 0 aliphatic carbocycles. The zero-order chi connectivity index (χ0) is 14.7. The van der Waals surface area contributed by atoms with Gasteiger partial charge in [0.15, 0.2) is 0 Å². The van der Waals surface area contributed by atoms with E-state index >= 15 is 0 Å². The Labute approximate surface area is 118 Å². The third kappa shape index (κ3) is 2.60. The summed E-state index contributed by atoms with van der Waals surface area (Å²) >= 11 is 0. The van der Waals surface area contributed by atoms with Gasteiger partial charge in [-0.25, -0.2) is 0 Å². The normalized spacial score (nSPS) is 10.8. The third-order valence-electron chi connectivity index (χ3n) is 3.25. The molecule has 0 bridgehead atoms. The summed E-state index contributed by atoms with van der Waals surface area (Å²) in [6, 6.07) is 11.1. The van der Waals surface area contributed by atoms with E-state index in [1.54, 1.807) is 17.7 Å². The van der Waals surface area contributed by atoms with Gasteiger partial charge in [0.05, 0.1) is 19.4 Å². The zero-order valence-electron chi connectivity index (χ0n) is 12.0. The number of methoxy groups -OCH3 is 1. The minimum Gasteiger partial charge on any atom is -0.497 e. The van der Waals surface area contributed by atoms with E-state index in [1.165, 1.54) is 0 Å². The molecule has 20 heavy (non-hydrogen) atoms. The van der Waals surface area contributed by atoms with E-state index in [9.17, 15) is 9.90 Å². The van der Waals surface area contributed by atoms with Gasteiger partial charge in [-0.3, -0.25) is 4.79 Å². The Morgan fingerprint density at radius 1 is 1.25 bits per heavy atom. The summed E-state index contributed by atoms with van der Waals surface area (Å²) in [4.78, 5) is 12.4. The van der Waals surface area contributed by atoms with Crippen molar-refractivity contribution in [3.8, 4) is 17.0 Å². The van der Waals surface area contributed by atoms with E-state index in [-0.39, 0.29) is 18.2 Å². The first kappa shape index (κ1) is 14.3. The molecule has 0 saturated heterocycles. The predicted octanol–water partition coefficient (Wildman–Crippen LogP) is 2.60. The number of hydrogen-bond acceptors (Lipinski definition) is 3. The van der Waals surface area contributed by atoms with Crippen LogP contribution in [0.25, 0.3) is 11.3 Å². The molecule has 0 saturated carbocycles. The van der Waals surface area contributed by atoms with Crippen LogP contribution in [-0.2, 0) is 6.61 Å². The molecule has 0 spiro atoms. The van der Waals surface area contributed by atoms with Crippen LogP contribution in [0.2, 0.25) is 0 Å². The maximum absolute atomic E-state index is 12.4. The van der Waals surface area contributed by atoms with E-state index in [1.807, 2.05) is 44.2 Å². The second-order valence-electron chi connectivity index (χ2n) is 4.90. The number of aliphatic hydroxyl groups is 1. The lowest BCUT2D eigenvalue weighted by atomic mass is 10.1. The summed E-state index contributed by atoms with van der Waals surface area (Å²) in [7, 11) is 1.61. The largest absolute Gasteiger partial charge is 0.497 e. The Morgan fingerprint density at radius 3 is 2.60 bits per heavy atom. The predicted molar refractivity (Wildman–Crippen MR) is 79.0 cm³/mol. The monoisotopic (exact) mass is 273 g/mol. The molecule has 2 aromatic rings. The molecule has 1 aromatic heterocycles. The minimum atomic E-state index is -0.246. The number of ether oxygens (including phenoxy) is 1. The molecular weight excluding hydrogens is 254 g/mol. The van der Waals surface area contributed by atoms with Gasteiger partial charge < -0.3 is 14.4 Å². The van der Waals surface area contributed by atoms with Crippen molar-refractivity contribution < 1.29 is 9.84 Å². The molecule has 0 aliphatic heterocycles. The molecule has 1 N–H and O–H groups in total. The first-order valence-corrected chi connectivity index (χ1v) is 6.58. The number of rotatable bonds is 4. The van der Waals surface area contributed by atoms with E-state index in [0.29, 0.717) is 5.56 Å². The van der Waals surface area contributed by atoms with Gasteiger partial charge in [-0.05, 0) is 38.1 Å². The summed E-state index contributed by atoms with van der Waals surface area (Å²) < 4.78 is 6.92.